The van der Waals surface area contributed by atoms with Gasteiger partial charge in [-0.2, -0.15) is 0 Å². The number of para-hydroxylation sites is 3. The maximum atomic E-state index is 2.60. The van der Waals surface area contributed by atoms with Gasteiger partial charge in [0.1, 0.15) is 0 Å². The van der Waals surface area contributed by atoms with Crippen LogP contribution >= 0.6 is 0 Å². The Morgan fingerprint density at radius 1 is 0.455 bits per heavy atom. The predicted octanol–water partition coefficient (Wildman–Crippen LogP) is 13.3. The van der Waals surface area contributed by atoms with Gasteiger partial charge in [0.25, 0.3) is 0 Å². The molecule has 9 aromatic rings. The molecule has 1 aliphatic heterocycles. The number of anilines is 2. The van der Waals surface area contributed by atoms with Gasteiger partial charge in [0.05, 0.1) is 27.6 Å². The van der Waals surface area contributed by atoms with Crippen LogP contribution in [-0.4, -0.2) is 14.7 Å². The average Bonchev–Trinajstić information content (AvgIpc) is 3.88. The van der Waals surface area contributed by atoms with Crippen LogP contribution in [-0.2, 0) is 5.41 Å². The van der Waals surface area contributed by atoms with Gasteiger partial charge in [-0.3, -0.25) is 0 Å². The van der Waals surface area contributed by atoms with Gasteiger partial charge < -0.3 is 14.0 Å². The summed E-state index contributed by atoms with van der Waals surface area (Å²) in [6.45, 7) is 7.16. The van der Waals surface area contributed by atoms with Crippen LogP contribution in [0.1, 0.15) is 43.4 Å². The first-order valence-corrected chi connectivity index (χ1v) is 19.5. The third kappa shape index (κ3) is 4.00. The van der Waals surface area contributed by atoms with Gasteiger partial charge in [-0.05, 0) is 101 Å². The van der Waals surface area contributed by atoms with Gasteiger partial charge >= 0.3 is 0 Å². The Morgan fingerprint density at radius 2 is 1.02 bits per heavy atom. The average molecular weight is 706 g/mol. The highest BCUT2D eigenvalue weighted by atomic mass is 15.2. The molecule has 2 aliphatic carbocycles. The van der Waals surface area contributed by atoms with Crippen molar-refractivity contribution in [1.29, 1.82) is 0 Å². The summed E-state index contributed by atoms with van der Waals surface area (Å²) in [5, 5.41) is 5.06. The molecular formula is C52H39N3. The second kappa shape index (κ2) is 10.8. The summed E-state index contributed by atoms with van der Waals surface area (Å²) in [4.78, 5) is 2.60. The molecule has 7 aromatic carbocycles. The summed E-state index contributed by atoms with van der Waals surface area (Å²) in [5.74, 6) is 0.255. The van der Waals surface area contributed by atoms with E-state index in [2.05, 4.69) is 211 Å². The van der Waals surface area contributed by atoms with Crippen molar-refractivity contribution in [1.82, 2.24) is 9.13 Å². The zero-order valence-corrected chi connectivity index (χ0v) is 31.2. The standard InChI is InChI=1S/C52H39N3/c1-51(2)43-18-8-4-14-36(43)41-31-42-44-19-12-13-29-52(44,3)55(50(42)32-45(41)51)34-25-23-33(24-26-34)53-46-20-9-7-17-39(46)40-28-27-35(30-49(40)53)54-47-21-10-5-15-37(47)38-16-6-11-22-48(38)54/h4-32,44H,1-3H3. The monoisotopic (exact) mass is 705 g/mol. The molecule has 262 valence electrons. The molecule has 2 aromatic heterocycles. The Bertz CT molecular complexity index is 3100. The number of nitrogens with zero attached hydrogens (tertiary/aromatic N) is 3. The van der Waals surface area contributed by atoms with Gasteiger partial charge in [0.2, 0.25) is 0 Å². The Hall–Kier alpha value is -6.58. The van der Waals surface area contributed by atoms with E-state index in [0.29, 0.717) is 0 Å². The van der Waals surface area contributed by atoms with Gasteiger partial charge in [-0.25, -0.2) is 0 Å². The third-order valence-electron chi connectivity index (χ3n) is 13.1. The highest BCUT2D eigenvalue weighted by Crippen LogP contribution is 2.59. The first kappa shape index (κ1) is 30.8. The van der Waals surface area contributed by atoms with Gasteiger partial charge in [0.15, 0.2) is 0 Å². The van der Waals surface area contributed by atoms with Crippen LogP contribution in [0.15, 0.2) is 176 Å². The topological polar surface area (TPSA) is 13.1 Å². The van der Waals surface area contributed by atoms with E-state index < -0.39 is 0 Å². The molecule has 3 heterocycles. The van der Waals surface area contributed by atoms with Crippen LogP contribution < -0.4 is 4.90 Å². The Labute approximate surface area is 320 Å². The number of benzene rings is 7. The number of fused-ring (bicyclic) bond motifs is 12. The van der Waals surface area contributed by atoms with E-state index in [1.54, 1.807) is 0 Å². The van der Waals surface area contributed by atoms with Crippen molar-refractivity contribution in [2.24, 2.45) is 0 Å². The van der Waals surface area contributed by atoms with Gasteiger partial charge in [-0.1, -0.05) is 123 Å². The maximum Gasteiger partial charge on any atom is 0.0712 e. The fraction of sp³-hybridized carbons (Fsp3) is 0.115. The number of hydrogen-bond acceptors (Lipinski definition) is 1. The molecule has 0 spiro atoms. The lowest BCUT2D eigenvalue weighted by Gasteiger charge is -2.39. The highest BCUT2D eigenvalue weighted by molar-refractivity contribution is 6.12. The maximum absolute atomic E-state index is 2.60. The van der Waals surface area contributed by atoms with Crippen molar-refractivity contribution >= 4 is 55.0 Å². The van der Waals surface area contributed by atoms with Crippen molar-refractivity contribution < 1.29 is 0 Å². The molecule has 0 N–H and O–H groups in total. The highest BCUT2D eigenvalue weighted by Gasteiger charge is 2.49. The van der Waals surface area contributed by atoms with Crippen LogP contribution in [0.3, 0.4) is 0 Å². The van der Waals surface area contributed by atoms with Crippen LogP contribution in [0.25, 0.3) is 66.1 Å². The van der Waals surface area contributed by atoms with Crippen molar-refractivity contribution in [3.63, 3.8) is 0 Å². The quantitative estimate of drug-likeness (QED) is 0.178. The lowest BCUT2D eigenvalue weighted by atomic mass is 9.79. The lowest BCUT2D eigenvalue weighted by molar-refractivity contribution is 0.542. The molecule has 3 aliphatic rings. The van der Waals surface area contributed by atoms with E-state index in [1.807, 2.05) is 0 Å². The number of aromatic nitrogens is 2. The fourth-order valence-corrected chi connectivity index (χ4v) is 10.6. The van der Waals surface area contributed by atoms with Crippen molar-refractivity contribution in [3.05, 3.63) is 193 Å². The summed E-state index contributed by atoms with van der Waals surface area (Å²) in [6, 6.07) is 56.6. The van der Waals surface area contributed by atoms with E-state index >= 15 is 0 Å². The van der Waals surface area contributed by atoms with Crippen LogP contribution in [0.4, 0.5) is 11.4 Å². The normalized spacial score (nSPS) is 19.0. The van der Waals surface area contributed by atoms with Gasteiger partial charge in [-0.15, -0.1) is 0 Å². The van der Waals surface area contributed by atoms with E-state index in [9.17, 15) is 0 Å². The largest absolute Gasteiger partial charge is 0.331 e. The number of allylic oxidation sites excluding steroid dienone is 2. The van der Waals surface area contributed by atoms with E-state index in [-0.39, 0.29) is 16.9 Å². The minimum absolute atomic E-state index is 0.0640. The van der Waals surface area contributed by atoms with Gasteiger partial charge in [0, 0.05) is 55.6 Å². The first-order valence-electron chi connectivity index (χ1n) is 19.5. The predicted molar refractivity (Wildman–Crippen MR) is 231 cm³/mol. The second-order valence-electron chi connectivity index (χ2n) is 16.4. The smallest absolute Gasteiger partial charge is 0.0712 e. The summed E-state index contributed by atoms with van der Waals surface area (Å²) >= 11 is 0. The van der Waals surface area contributed by atoms with Crippen molar-refractivity contribution in [2.45, 2.75) is 37.6 Å². The summed E-state index contributed by atoms with van der Waals surface area (Å²) in [7, 11) is 0. The van der Waals surface area contributed by atoms with Crippen LogP contribution in [0.2, 0.25) is 0 Å². The molecular weight excluding hydrogens is 667 g/mol. The molecule has 0 fully saturated rings. The minimum atomic E-state index is -0.221. The van der Waals surface area contributed by atoms with E-state index in [1.165, 1.54) is 82.8 Å². The molecule has 0 saturated heterocycles. The molecule has 2 atom stereocenters. The molecule has 3 heteroatoms. The molecule has 3 nitrogen and oxygen atoms in total. The van der Waals surface area contributed by atoms with E-state index in [4.69, 9.17) is 0 Å². The Balaban J connectivity index is 1.03. The Morgan fingerprint density at radius 3 is 1.71 bits per heavy atom. The fourth-order valence-electron chi connectivity index (χ4n) is 10.6. The molecule has 0 amide bonds. The summed E-state index contributed by atoms with van der Waals surface area (Å²) in [6.07, 6.45) is 9.25. The Kier molecular flexibility index (Phi) is 6.04. The summed E-state index contributed by atoms with van der Waals surface area (Å²) in [5.41, 5.74) is 16.4. The number of rotatable bonds is 3. The van der Waals surface area contributed by atoms with Crippen molar-refractivity contribution in [3.8, 4) is 22.5 Å². The van der Waals surface area contributed by atoms with Crippen molar-refractivity contribution in [2.75, 3.05) is 4.90 Å². The molecule has 0 saturated carbocycles. The molecule has 2 unspecified atom stereocenters. The van der Waals surface area contributed by atoms with Crippen LogP contribution in [0, 0.1) is 0 Å². The van der Waals surface area contributed by atoms with E-state index in [0.717, 1.165) is 11.4 Å². The third-order valence-corrected chi connectivity index (χ3v) is 13.1. The zero-order chi connectivity index (χ0) is 36.6. The summed E-state index contributed by atoms with van der Waals surface area (Å²) < 4.78 is 4.87. The molecule has 0 radical (unpaired) electrons. The minimum Gasteiger partial charge on any atom is -0.331 e. The second-order valence-corrected chi connectivity index (χ2v) is 16.4. The molecule has 12 rings (SSSR count). The zero-order valence-electron chi connectivity index (χ0n) is 31.2. The molecule has 0 bridgehead atoms. The number of hydrogen-bond donors (Lipinski definition) is 0. The lowest BCUT2D eigenvalue weighted by Crippen LogP contribution is -2.42. The molecule has 55 heavy (non-hydrogen) atoms. The SMILES string of the molecule is CC1(C)c2ccccc2-c2cc3c(cc21)N(c1ccc(-n2c4ccccc4c4ccc(-n5c6ccccc6c6ccccc65)cc42)cc1)C1(C)C=CC=CC31. The van der Waals surface area contributed by atoms with Crippen LogP contribution in [0.5, 0.6) is 0 Å². The first-order chi connectivity index (χ1) is 26.9.